The highest BCUT2D eigenvalue weighted by atomic mass is 15.0. The first-order chi connectivity index (χ1) is 7.16. The molecule has 2 heteroatoms. The molecule has 1 saturated carbocycles. The lowest BCUT2D eigenvalue weighted by molar-refractivity contribution is 0.251. The molecule has 1 atom stereocenters. The van der Waals surface area contributed by atoms with Gasteiger partial charge in [-0.2, -0.15) is 0 Å². The largest absolute Gasteiger partial charge is 0.314 e. The van der Waals surface area contributed by atoms with Gasteiger partial charge in [-0.05, 0) is 46.2 Å². The average molecular weight is 212 g/mol. The van der Waals surface area contributed by atoms with Gasteiger partial charge in [0, 0.05) is 11.6 Å². The summed E-state index contributed by atoms with van der Waals surface area (Å²) in [5.74, 6) is 0. The molecule has 0 aliphatic heterocycles. The second-order valence-corrected chi connectivity index (χ2v) is 5.30. The molecular formula is C13H28N2. The standard InChI is InChI=1S/C13H28N2/c1-4-14-12(2)8-11-15-13(3)9-6-5-7-10-13/h12,14-15H,4-11H2,1-3H3. The fraction of sp³-hybridized carbons (Fsp3) is 1.00. The Morgan fingerprint density at radius 1 is 1.20 bits per heavy atom. The maximum atomic E-state index is 3.75. The number of rotatable bonds is 6. The molecule has 1 rings (SSSR count). The number of hydrogen-bond acceptors (Lipinski definition) is 2. The van der Waals surface area contributed by atoms with Gasteiger partial charge in [-0.15, -0.1) is 0 Å². The molecule has 0 radical (unpaired) electrons. The van der Waals surface area contributed by atoms with E-state index in [1.807, 2.05) is 0 Å². The Morgan fingerprint density at radius 2 is 1.87 bits per heavy atom. The molecule has 0 amide bonds. The van der Waals surface area contributed by atoms with Crippen molar-refractivity contribution in [2.45, 2.75) is 70.9 Å². The lowest BCUT2D eigenvalue weighted by Gasteiger charge is -2.35. The quantitative estimate of drug-likeness (QED) is 0.707. The van der Waals surface area contributed by atoms with Gasteiger partial charge in [0.2, 0.25) is 0 Å². The first-order valence-corrected chi connectivity index (χ1v) is 6.65. The van der Waals surface area contributed by atoms with Crippen molar-refractivity contribution in [1.82, 2.24) is 10.6 Å². The van der Waals surface area contributed by atoms with Gasteiger partial charge in [0.1, 0.15) is 0 Å². The van der Waals surface area contributed by atoms with Crippen molar-refractivity contribution in [1.29, 1.82) is 0 Å². The monoisotopic (exact) mass is 212 g/mol. The Kier molecular flexibility index (Phi) is 5.62. The molecule has 1 fully saturated rings. The van der Waals surface area contributed by atoms with Gasteiger partial charge >= 0.3 is 0 Å². The second kappa shape index (κ2) is 6.49. The van der Waals surface area contributed by atoms with Crippen molar-refractivity contribution in [3.05, 3.63) is 0 Å². The van der Waals surface area contributed by atoms with Crippen LogP contribution >= 0.6 is 0 Å². The molecule has 15 heavy (non-hydrogen) atoms. The molecule has 0 aromatic carbocycles. The van der Waals surface area contributed by atoms with E-state index in [-0.39, 0.29) is 0 Å². The summed E-state index contributed by atoms with van der Waals surface area (Å²) in [6.07, 6.45) is 8.22. The van der Waals surface area contributed by atoms with Crippen molar-refractivity contribution in [3.8, 4) is 0 Å². The Labute approximate surface area is 95.2 Å². The van der Waals surface area contributed by atoms with Gasteiger partial charge in [0.25, 0.3) is 0 Å². The van der Waals surface area contributed by atoms with Gasteiger partial charge in [-0.3, -0.25) is 0 Å². The summed E-state index contributed by atoms with van der Waals surface area (Å²) < 4.78 is 0. The molecule has 2 nitrogen and oxygen atoms in total. The summed E-state index contributed by atoms with van der Waals surface area (Å²) in [4.78, 5) is 0. The Balaban J connectivity index is 2.12. The molecule has 1 aliphatic carbocycles. The molecule has 0 saturated heterocycles. The normalized spacial score (nSPS) is 22.6. The number of nitrogens with one attached hydrogen (secondary N) is 2. The van der Waals surface area contributed by atoms with Crippen LogP contribution in [0.3, 0.4) is 0 Å². The summed E-state index contributed by atoms with van der Waals surface area (Å²) in [7, 11) is 0. The lowest BCUT2D eigenvalue weighted by atomic mass is 9.83. The van der Waals surface area contributed by atoms with Gasteiger partial charge in [-0.1, -0.05) is 26.2 Å². The van der Waals surface area contributed by atoms with E-state index in [1.165, 1.54) is 38.5 Å². The Hall–Kier alpha value is -0.0800. The highest BCUT2D eigenvalue weighted by Gasteiger charge is 2.25. The van der Waals surface area contributed by atoms with Crippen molar-refractivity contribution < 1.29 is 0 Å². The third-order valence-electron chi connectivity index (χ3n) is 3.64. The van der Waals surface area contributed by atoms with Crippen LogP contribution < -0.4 is 10.6 Å². The maximum Gasteiger partial charge on any atom is 0.0153 e. The summed E-state index contributed by atoms with van der Waals surface area (Å²) >= 11 is 0. The first kappa shape index (κ1) is 13.0. The van der Waals surface area contributed by atoms with Crippen LogP contribution in [-0.4, -0.2) is 24.7 Å². The van der Waals surface area contributed by atoms with Crippen LogP contribution in [0.15, 0.2) is 0 Å². The van der Waals surface area contributed by atoms with E-state index in [0.717, 1.165) is 13.1 Å². The highest BCUT2D eigenvalue weighted by Crippen LogP contribution is 2.27. The van der Waals surface area contributed by atoms with Gasteiger partial charge in [0.05, 0.1) is 0 Å². The molecule has 90 valence electrons. The minimum absolute atomic E-state index is 0.435. The fourth-order valence-electron chi connectivity index (χ4n) is 2.55. The van der Waals surface area contributed by atoms with Crippen LogP contribution in [0.4, 0.5) is 0 Å². The van der Waals surface area contributed by atoms with Crippen molar-refractivity contribution in [2.75, 3.05) is 13.1 Å². The minimum Gasteiger partial charge on any atom is -0.314 e. The molecule has 1 unspecified atom stereocenters. The van der Waals surface area contributed by atoms with E-state index in [1.54, 1.807) is 0 Å². The Morgan fingerprint density at radius 3 is 2.47 bits per heavy atom. The van der Waals surface area contributed by atoms with E-state index >= 15 is 0 Å². The van der Waals surface area contributed by atoms with Gasteiger partial charge < -0.3 is 10.6 Å². The van der Waals surface area contributed by atoms with Gasteiger partial charge in [0.15, 0.2) is 0 Å². The minimum atomic E-state index is 0.435. The zero-order valence-electron chi connectivity index (χ0n) is 10.7. The van der Waals surface area contributed by atoms with Crippen LogP contribution in [-0.2, 0) is 0 Å². The van der Waals surface area contributed by atoms with Crippen LogP contribution in [0.5, 0.6) is 0 Å². The van der Waals surface area contributed by atoms with Crippen LogP contribution in [0.25, 0.3) is 0 Å². The molecule has 0 aromatic rings. The summed E-state index contributed by atoms with van der Waals surface area (Å²) in [6, 6.07) is 0.648. The third kappa shape index (κ3) is 4.98. The molecule has 0 aromatic heterocycles. The Bertz CT molecular complexity index is 162. The highest BCUT2D eigenvalue weighted by molar-refractivity contribution is 4.86. The zero-order chi connectivity index (χ0) is 11.1. The smallest absolute Gasteiger partial charge is 0.0153 e. The van der Waals surface area contributed by atoms with Gasteiger partial charge in [-0.25, -0.2) is 0 Å². The lowest BCUT2D eigenvalue weighted by Crippen LogP contribution is -2.45. The SMILES string of the molecule is CCNC(C)CCNC1(C)CCCCC1. The topological polar surface area (TPSA) is 24.1 Å². The molecular weight excluding hydrogens is 184 g/mol. The van der Waals surface area contributed by atoms with E-state index in [0.29, 0.717) is 11.6 Å². The predicted molar refractivity (Wildman–Crippen MR) is 67.2 cm³/mol. The van der Waals surface area contributed by atoms with E-state index in [2.05, 4.69) is 31.4 Å². The molecule has 1 aliphatic rings. The van der Waals surface area contributed by atoms with E-state index in [4.69, 9.17) is 0 Å². The van der Waals surface area contributed by atoms with E-state index < -0.39 is 0 Å². The molecule has 2 N–H and O–H groups in total. The fourth-order valence-corrected chi connectivity index (χ4v) is 2.55. The predicted octanol–water partition coefficient (Wildman–Crippen LogP) is 2.69. The second-order valence-electron chi connectivity index (χ2n) is 5.30. The zero-order valence-corrected chi connectivity index (χ0v) is 10.7. The van der Waals surface area contributed by atoms with Crippen LogP contribution in [0.1, 0.15) is 59.3 Å². The van der Waals surface area contributed by atoms with Crippen molar-refractivity contribution >= 4 is 0 Å². The molecule has 0 bridgehead atoms. The van der Waals surface area contributed by atoms with Crippen molar-refractivity contribution in [2.24, 2.45) is 0 Å². The number of hydrogen-bond donors (Lipinski definition) is 2. The summed E-state index contributed by atoms with van der Waals surface area (Å²) in [5, 5.41) is 7.20. The maximum absolute atomic E-state index is 3.75. The van der Waals surface area contributed by atoms with E-state index in [9.17, 15) is 0 Å². The van der Waals surface area contributed by atoms with Crippen LogP contribution in [0, 0.1) is 0 Å². The first-order valence-electron chi connectivity index (χ1n) is 6.65. The van der Waals surface area contributed by atoms with Crippen LogP contribution in [0.2, 0.25) is 0 Å². The van der Waals surface area contributed by atoms with Crippen molar-refractivity contribution in [3.63, 3.8) is 0 Å². The third-order valence-corrected chi connectivity index (χ3v) is 3.64. The average Bonchev–Trinajstić information content (AvgIpc) is 2.19. The molecule has 0 heterocycles. The summed E-state index contributed by atoms with van der Waals surface area (Å²) in [5.41, 5.74) is 0.435. The molecule has 0 spiro atoms. The summed E-state index contributed by atoms with van der Waals surface area (Å²) in [6.45, 7) is 9.08.